The van der Waals surface area contributed by atoms with Crippen molar-refractivity contribution in [2.45, 2.75) is 27.2 Å². The Balaban J connectivity index is 2.51. The molecule has 1 aliphatic heterocycles. The first-order valence-electron chi connectivity index (χ1n) is 7.52. The number of anilines is 1. The molecule has 0 saturated carbocycles. The molecule has 0 aliphatic carbocycles. The molecule has 0 saturated heterocycles. The van der Waals surface area contributed by atoms with E-state index in [4.69, 9.17) is 5.73 Å². The highest BCUT2D eigenvalue weighted by atomic mass is 19.1. The molecule has 1 aliphatic rings. The summed E-state index contributed by atoms with van der Waals surface area (Å²) >= 11 is 0. The Morgan fingerprint density at radius 3 is 2.74 bits per heavy atom. The minimum Gasteiger partial charge on any atom is -0.396 e. The van der Waals surface area contributed by atoms with Gasteiger partial charge in [-0.05, 0) is 37.0 Å². The summed E-state index contributed by atoms with van der Waals surface area (Å²) in [6.07, 6.45) is 5.76. The predicted octanol–water partition coefficient (Wildman–Crippen LogP) is 4.70. The highest BCUT2D eigenvalue weighted by Crippen LogP contribution is 2.31. The Labute approximate surface area is 135 Å². The molecule has 122 valence electrons. The molecule has 0 radical (unpaired) electrons. The van der Waals surface area contributed by atoms with Gasteiger partial charge in [-0.25, -0.2) is 8.78 Å². The number of halogens is 2. The van der Waals surface area contributed by atoms with Crippen LogP contribution in [0.25, 0.3) is 5.70 Å². The molecule has 1 heterocycles. The number of nitrogens with zero attached hydrogens (tertiary/aromatic N) is 2. The predicted molar refractivity (Wildman–Crippen MR) is 91.4 cm³/mol. The Bertz CT molecular complexity index is 717. The Morgan fingerprint density at radius 2 is 2.13 bits per heavy atom. The van der Waals surface area contributed by atoms with E-state index in [1.165, 1.54) is 6.07 Å². The first-order valence-corrected chi connectivity index (χ1v) is 7.52. The molecule has 1 aromatic carbocycles. The molecule has 0 spiro atoms. The maximum atomic E-state index is 14.2. The van der Waals surface area contributed by atoms with E-state index in [1.807, 2.05) is 6.92 Å². The average molecular weight is 317 g/mol. The van der Waals surface area contributed by atoms with Crippen molar-refractivity contribution in [2.24, 2.45) is 10.9 Å². The fourth-order valence-electron chi connectivity index (χ4n) is 2.38. The minimum atomic E-state index is -0.802. The van der Waals surface area contributed by atoms with Gasteiger partial charge in [0.25, 0.3) is 0 Å². The van der Waals surface area contributed by atoms with Crippen molar-refractivity contribution in [3.05, 3.63) is 59.6 Å². The Morgan fingerprint density at radius 1 is 1.43 bits per heavy atom. The van der Waals surface area contributed by atoms with Gasteiger partial charge in [0, 0.05) is 12.4 Å². The summed E-state index contributed by atoms with van der Waals surface area (Å²) in [7, 11) is 0. The van der Waals surface area contributed by atoms with Gasteiger partial charge in [0.1, 0.15) is 5.82 Å². The minimum absolute atomic E-state index is 0.111. The number of rotatable bonds is 4. The Hall–Kier alpha value is -2.43. The van der Waals surface area contributed by atoms with Crippen molar-refractivity contribution in [3.8, 4) is 0 Å². The average Bonchev–Trinajstić information content (AvgIpc) is 2.57. The molecule has 2 N–H and O–H groups in total. The number of allylic oxidation sites excluding steroid dienone is 2. The second-order valence-electron chi connectivity index (χ2n) is 5.57. The third-order valence-electron chi connectivity index (χ3n) is 4.19. The zero-order chi connectivity index (χ0) is 17.1. The number of nitrogens with two attached hydrogens (primary N) is 1. The molecule has 0 amide bonds. The summed E-state index contributed by atoms with van der Waals surface area (Å²) in [6, 6.07) is 2.34. The van der Waals surface area contributed by atoms with Crippen LogP contribution in [0.15, 0.2) is 47.4 Å². The summed E-state index contributed by atoms with van der Waals surface area (Å²) < 4.78 is 28.2. The third-order valence-corrected chi connectivity index (χ3v) is 4.19. The summed E-state index contributed by atoms with van der Waals surface area (Å²) in [5, 5.41) is 0. The molecule has 0 fully saturated rings. The summed E-state index contributed by atoms with van der Waals surface area (Å²) in [5.41, 5.74) is 7.37. The molecular weight excluding hydrogens is 296 g/mol. The number of benzene rings is 1. The number of nitrogen functional groups attached to an aromatic ring is 1. The van der Waals surface area contributed by atoms with E-state index in [0.29, 0.717) is 5.92 Å². The van der Waals surface area contributed by atoms with Crippen LogP contribution in [-0.4, -0.2) is 11.1 Å². The standard InChI is InChI=1S/C18H21F2N3/c1-5-11(3)12(4)16-9-22-15(10-23(16)6-2)17-13(19)7-8-14(21)18(17)20/h6-11H,2,5,21H2,1,3-4H3/b16-12-. The van der Waals surface area contributed by atoms with Crippen LogP contribution >= 0.6 is 0 Å². The van der Waals surface area contributed by atoms with Gasteiger partial charge in [0.2, 0.25) is 0 Å². The number of hydrogen-bond acceptors (Lipinski definition) is 3. The van der Waals surface area contributed by atoms with Crippen LogP contribution in [0.2, 0.25) is 0 Å². The van der Waals surface area contributed by atoms with Gasteiger partial charge in [-0.2, -0.15) is 0 Å². The summed E-state index contributed by atoms with van der Waals surface area (Å²) in [4.78, 5) is 5.96. The molecule has 1 aromatic rings. The topological polar surface area (TPSA) is 41.6 Å². The molecule has 5 heteroatoms. The monoisotopic (exact) mass is 317 g/mol. The van der Waals surface area contributed by atoms with E-state index in [2.05, 4.69) is 25.4 Å². The summed E-state index contributed by atoms with van der Waals surface area (Å²) in [5.74, 6) is -1.13. The zero-order valence-corrected chi connectivity index (χ0v) is 13.6. The SMILES string of the molecule is C=CN1C=C(c2c(F)ccc(N)c2F)N=C/C1=C(\C)C(C)CC. The molecule has 23 heavy (non-hydrogen) atoms. The zero-order valence-electron chi connectivity index (χ0n) is 13.6. The number of aliphatic imine (C=N–C) groups is 1. The lowest BCUT2D eigenvalue weighted by Gasteiger charge is -2.25. The lowest BCUT2D eigenvalue weighted by molar-refractivity contribution is 0.574. The second kappa shape index (κ2) is 6.77. The van der Waals surface area contributed by atoms with Crippen LogP contribution in [0.5, 0.6) is 0 Å². The van der Waals surface area contributed by atoms with Crippen LogP contribution in [0.4, 0.5) is 14.5 Å². The van der Waals surface area contributed by atoms with E-state index < -0.39 is 11.6 Å². The lowest BCUT2D eigenvalue weighted by Crippen LogP contribution is -2.18. The van der Waals surface area contributed by atoms with E-state index in [1.54, 1.807) is 23.5 Å². The second-order valence-corrected chi connectivity index (χ2v) is 5.57. The van der Waals surface area contributed by atoms with E-state index in [-0.39, 0.29) is 16.9 Å². The van der Waals surface area contributed by atoms with Gasteiger partial charge in [0.15, 0.2) is 5.82 Å². The summed E-state index contributed by atoms with van der Waals surface area (Å²) in [6.45, 7) is 10.0. The third kappa shape index (κ3) is 3.18. The fourth-order valence-corrected chi connectivity index (χ4v) is 2.38. The van der Waals surface area contributed by atoms with Gasteiger partial charge in [-0.3, -0.25) is 4.99 Å². The van der Waals surface area contributed by atoms with Crippen LogP contribution in [0.3, 0.4) is 0 Å². The largest absolute Gasteiger partial charge is 0.396 e. The van der Waals surface area contributed by atoms with Crippen LogP contribution in [-0.2, 0) is 0 Å². The van der Waals surface area contributed by atoms with E-state index >= 15 is 0 Å². The van der Waals surface area contributed by atoms with Crippen molar-refractivity contribution in [3.63, 3.8) is 0 Å². The first-order chi connectivity index (χ1) is 10.9. The van der Waals surface area contributed by atoms with Crippen molar-refractivity contribution < 1.29 is 8.78 Å². The van der Waals surface area contributed by atoms with Crippen molar-refractivity contribution in [1.29, 1.82) is 0 Å². The maximum Gasteiger partial charge on any atom is 0.158 e. The highest BCUT2D eigenvalue weighted by Gasteiger charge is 2.21. The van der Waals surface area contributed by atoms with Crippen LogP contribution in [0.1, 0.15) is 32.8 Å². The molecule has 3 nitrogen and oxygen atoms in total. The molecule has 0 bridgehead atoms. The van der Waals surface area contributed by atoms with Gasteiger partial charge in [0.05, 0.1) is 28.9 Å². The quantitative estimate of drug-likeness (QED) is 0.818. The maximum absolute atomic E-state index is 14.2. The first kappa shape index (κ1) is 16.9. The van der Waals surface area contributed by atoms with Crippen molar-refractivity contribution in [2.75, 3.05) is 5.73 Å². The van der Waals surface area contributed by atoms with Crippen molar-refractivity contribution in [1.82, 2.24) is 4.90 Å². The number of hydrogen-bond donors (Lipinski definition) is 1. The molecular formula is C18H21F2N3. The van der Waals surface area contributed by atoms with Gasteiger partial charge < -0.3 is 10.6 Å². The van der Waals surface area contributed by atoms with Crippen molar-refractivity contribution >= 4 is 17.6 Å². The van der Waals surface area contributed by atoms with Gasteiger partial charge in [-0.1, -0.05) is 20.4 Å². The van der Waals surface area contributed by atoms with Gasteiger partial charge in [-0.15, -0.1) is 0 Å². The molecule has 1 unspecified atom stereocenters. The van der Waals surface area contributed by atoms with E-state index in [9.17, 15) is 8.78 Å². The molecule has 0 aromatic heterocycles. The van der Waals surface area contributed by atoms with Crippen LogP contribution in [0, 0.1) is 17.6 Å². The fraction of sp³-hybridized carbons (Fsp3) is 0.278. The molecule has 1 atom stereocenters. The normalized spacial score (nSPS) is 17.8. The highest BCUT2D eigenvalue weighted by molar-refractivity contribution is 5.88. The molecule has 2 rings (SSSR count). The lowest BCUT2D eigenvalue weighted by atomic mass is 9.97. The smallest absolute Gasteiger partial charge is 0.158 e. The Kier molecular flexibility index (Phi) is 4.98. The van der Waals surface area contributed by atoms with Gasteiger partial charge >= 0.3 is 0 Å². The van der Waals surface area contributed by atoms with E-state index in [0.717, 1.165) is 23.8 Å². The van der Waals surface area contributed by atoms with Crippen LogP contribution < -0.4 is 5.73 Å².